The van der Waals surface area contributed by atoms with E-state index in [1.807, 2.05) is 0 Å². The maximum Gasteiger partial charge on any atom is 0.528 e. The van der Waals surface area contributed by atoms with Gasteiger partial charge in [-0.05, 0) is 0 Å². The van der Waals surface area contributed by atoms with Gasteiger partial charge in [0.15, 0.2) is 0 Å². The van der Waals surface area contributed by atoms with Gasteiger partial charge in [-0.2, -0.15) is 5.26 Å². The van der Waals surface area contributed by atoms with Gasteiger partial charge in [-0.3, -0.25) is 9.05 Å². The second-order valence-electron chi connectivity index (χ2n) is 1.35. The van der Waals surface area contributed by atoms with E-state index >= 15 is 0 Å². The number of nitrogens with zero attached hydrogens (tertiary/aromatic N) is 1. The Morgan fingerprint density at radius 3 is 2.36 bits per heavy atom. The molecule has 0 aliphatic rings. The van der Waals surface area contributed by atoms with Crippen molar-refractivity contribution in [3.8, 4) is 6.07 Å². The van der Waals surface area contributed by atoms with Crippen molar-refractivity contribution in [2.24, 2.45) is 0 Å². The molecule has 0 N–H and O–H groups in total. The van der Waals surface area contributed by atoms with E-state index in [9.17, 15) is 4.57 Å². The number of hydrogen-bond donors (Lipinski definition) is 0. The minimum Gasteiger partial charge on any atom is -0.411 e. The fourth-order valence-corrected chi connectivity index (χ4v) is 0.827. The molecule has 0 atom stereocenters. The Labute approximate surface area is 64.8 Å². The van der Waals surface area contributed by atoms with E-state index in [-0.39, 0.29) is 0 Å². The molecule has 62 valence electrons. The summed E-state index contributed by atoms with van der Waals surface area (Å²) in [5.41, 5.74) is 0. The van der Waals surface area contributed by atoms with Gasteiger partial charge in [-0.1, -0.05) is 0 Å². The van der Waals surface area contributed by atoms with Crippen molar-refractivity contribution in [2.75, 3.05) is 14.2 Å². The van der Waals surface area contributed by atoms with Gasteiger partial charge in [-0.15, -0.1) is 0 Å². The van der Waals surface area contributed by atoms with Crippen molar-refractivity contribution >= 4 is 7.82 Å². The van der Waals surface area contributed by atoms with Crippen LogP contribution >= 0.6 is 7.82 Å². The second kappa shape index (κ2) is 4.91. The molecule has 0 rings (SSSR count). The monoisotopic (exact) mass is 177 g/mol. The lowest BCUT2D eigenvalue weighted by molar-refractivity contribution is 0.194. The third-order valence-electron chi connectivity index (χ3n) is 0.780. The normalized spacial score (nSPS) is 11.4. The molecule has 0 saturated heterocycles. The van der Waals surface area contributed by atoms with Crippen LogP contribution in [0.15, 0.2) is 12.3 Å². The van der Waals surface area contributed by atoms with E-state index < -0.39 is 7.82 Å². The number of hydrogen-bond acceptors (Lipinski definition) is 5. The van der Waals surface area contributed by atoms with E-state index in [1.54, 1.807) is 6.07 Å². The fraction of sp³-hybridized carbons (Fsp3) is 0.400. The van der Waals surface area contributed by atoms with E-state index in [1.165, 1.54) is 14.2 Å². The first-order valence-corrected chi connectivity index (χ1v) is 4.09. The first kappa shape index (κ1) is 10.2. The fourth-order valence-electron chi connectivity index (χ4n) is 0.296. The van der Waals surface area contributed by atoms with Crippen LogP contribution < -0.4 is 0 Å². The second-order valence-corrected chi connectivity index (χ2v) is 3.19. The maximum atomic E-state index is 11.0. The molecule has 0 aromatic rings. The zero-order chi connectivity index (χ0) is 8.74. The number of allylic oxidation sites excluding steroid dienone is 1. The van der Waals surface area contributed by atoms with Crippen molar-refractivity contribution in [3.05, 3.63) is 12.3 Å². The van der Waals surface area contributed by atoms with Gasteiger partial charge < -0.3 is 4.52 Å². The standard InChI is InChI=1S/C5H8NO4P/c1-8-11(7,9-2)10-5-3-4-6/h3,5H,1-2H3/b5-3+. The summed E-state index contributed by atoms with van der Waals surface area (Å²) in [5, 5.41) is 8.02. The molecule has 0 radical (unpaired) electrons. The average Bonchev–Trinajstić information content (AvgIpc) is 2.05. The zero-order valence-corrected chi connectivity index (χ0v) is 7.08. The Kier molecular flexibility index (Phi) is 4.55. The summed E-state index contributed by atoms with van der Waals surface area (Å²) in [7, 11) is -1.08. The molecule has 11 heavy (non-hydrogen) atoms. The summed E-state index contributed by atoms with van der Waals surface area (Å²) >= 11 is 0. The molecular weight excluding hydrogens is 169 g/mol. The molecule has 0 spiro atoms. The summed E-state index contributed by atoms with van der Waals surface area (Å²) < 4.78 is 24.2. The molecule has 0 bridgehead atoms. The lowest BCUT2D eigenvalue weighted by atomic mass is 10.7. The Hall–Kier alpha value is -0.820. The Morgan fingerprint density at radius 1 is 1.45 bits per heavy atom. The van der Waals surface area contributed by atoms with Crippen LogP contribution in [-0.4, -0.2) is 14.2 Å². The van der Waals surface area contributed by atoms with Crippen molar-refractivity contribution in [1.82, 2.24) is 0 Å². The minimum atomic E-state index is -3.45. The molecule has 0 aliphatic carbocycles. The van der Waals surface area contributed by atoms with Gasteiger partial charge in [-0.25, -0.2) is 4.57 Å². The van der Waals surface area contributed by atoms with Crippen molar-refractivity contribution < 1.29 is 18.1 Å². The average molecular weight is 177 g/mol. The molecular formula is C5H8NO4P. The van der Waals surface area contributed by atoms with E-state index in [0.717, 1.165) is 12.3 Å². The summed E-state index contributed by atoms with van der Waals surface area (Å²) in [4.78, 5) is 0. The number of phosphoric acid groups is 1. The summed E-state index contributed by atoms with van der Waals surface area (Å²) in [5.74, 6) is 0. The van der Waals surface area contributed by atoms with Crippen LogP contribution in [0, 0.1) is 11.3 Å². The first-order chi connectivity index (χ1) is 5.18. The van der Waals surface area contributed by atoms with E-state index in [2.05, 4.69) is 13.6 Å². The van der Waals surface area contributed by atoms with Gasteiger partial charge >= 0.3 is 7.82 Å². The highest BCUT2D eigenvalue weighted by molar-refractivity contribution is 7.48. The first-order valence-electron chi connectivity index (χ1n) is 2.63. The number of nitriles is 1. The van der Waals surface area contributed by atoms with Crippen molar-refractivity contribution in [3.63, 3.8) is 0 Å². The van der Waals surface area contributed by atoms with Crippen LogP contribution in [-0.2, 0) is 18.1 Å². The SMILES string of the molecule is COP(=O)(OC)O/C=C/C#N. The Morgan fingerprint density at radius 2 is 2.00 bits per heavy atom. The highest BCUT2D eigenvalue weighted by Gasteiger charge is 2.21. The lowest BCUT2D eigenvalue weighted by Gasteiger charge is -2.09. The third-order valence-corrected chi connectivity index (χ3v) is 2.05. The van der Waals surface area contributed by atoms with Gasteiger partial charge in [0.1, 0.15) is 6.26 Å². The molecule has 0 unspecified atom stereocenters. The summed E-state index contributed by atoms with van der Waals surface area (Å²) in [6, 6.07) is 1.65. The predicted molar refractivity (Wildman–Crippen MR) is 37.5 cm³/mol. The molecule has 0 aromatic carbocycles. The summed E-state index contributed by atoms with van der Waals surface area (Å²) in [6.07, 6.45) is 1.97. The van der Waals surface area contributed by atoms with Gasteiger partial charge in [0.25, 0.3) is 0 Å². The van der Waals surface area contributed by atoms with Crippen LogP contribution in [0.5, 0.6) is 0 Å². The maximum absolute atomic E-state index is 11.0. The van der Waals surface area contributed by atoms with Crippen molar-refractivity contribution in [2.45, 2.75) is 0 Å². The quantitative estimate of drug-likeness (QED) is 0.369. The van der Waals surface area contributed by atoms with Crippen molar-refractivity contribution in [1.29, 1.82) is 5.26 Å². The Balaban J connectivity index is 4.01. The van der Waals surface area contributed by atoms with Gasteiger partial charge in [0.2, 0.25) is 0 Å². The molecule has 0 aromatic heterocycles. The minimum absolute atomic E-state index is 0.952. The lowest BCUT2D eigenvalue weighted by Crippen LogP contribution is -1.88. The van der Waals surface area contributed by atoms with Crippen LogP contribution in [0.3, 0.4) is 0 Å². The third kappa shape index (κ3) is 3.79. The molecule has 0 fully saturated rings. The molecule has 0 heterocycles. The highest BCUT2D eigenvalue weighted by Crippen LogP contribution is 2.47. The Bertz CT molecular complexity index is 211. The van der Waals surface area contributed by atoms with E-state index in [0.29, 0.717) is 0 Å². The number of rotatable bonds is 4. The van der Waals surface area contributed by atoms with Crippen LogP contribution in [0.4, 0.5) is 0 Å². The number of phosphoric ester groups is 1. The van der Waals surface area contributed by atoms with Gasteiger partial charge in [0, 0.05) is 14.2 Å². The molecule has 0 amide bonds. The summed E-state index contributed by atoms with van der Waals surface area (Å²) in [6.45, 7) is 0. The van der Waals surface area contributed by atoms with E-state index in [4.69, 9.17) is 5.26 Å². The topological polar surface area (TPSA) is 68.6 Å². The van der Waals surface area contributed by atoms with Crippen LogP contribution in [0.1, 0.15) is 0 Å². The van der Waals surface area contributed by atoms with Crippen LogP contribution in [0.25, 0.3) is 0 Å². The molecule has 6 heteroatoms. The molecule has 0 saturated carbocycles. The predicted octanol–water partition coefficient (Wildman–Crippen LogP) is 1.44. The highest BCUT2D eigenvalue weighted by atomic mass is 31.2. The largest absolute Gasteiger partial charge is 0.528 e. The van der Waals surface area contributed by atoms with Crippen LogP contribution in [0.2, 0.25) is 0 Å². The molecule has 5 nitrogen and oxygen atoms in total. The zero-order valence-electron chi connectivity index (χ0n) is 6.18. The smallest absolute Gasteiger partial charge is 0.411 e. The molecule has 0 aliphatic heterocycles. The van der Waals surface area contributed by atoms with Gasteiger partial charge in [0.05, 0.1) is 12.1 Å².